The molecule has 2 aromatic carbocycles. The average molecular weight is 271 g/mol. The first kappa shape index (κ1) is 14.7. The van der Waals surface area contributed by atoms with Crippen molar-refractivity contribution in [1.82, 2.24) is 0 Å². The molecule has 2 aromatic rings. The van der Waals surface area contributed by atoms with Gasteiger partial charge >= 0.3 is 0 Å². The van der Waals surface area contributed by atoms with Gasteiger partial charge in [-0.2, -0.15) is 0 Å². The van der Waals surface area contributed by atoms with Crippen LogP contribution in [0.2, 0.25) is 0 Å². The highest BCUT2D eigenvalue weighted by Gasteiger charge is 2.17. The van der Waals surface area contributed by atoms with E-state index in [0.29, 0.717) is 11.1 Å². The van der Waals surface area contributed by atoms with Crippen molar-refractivity contribution in [3.05, 3.63) is 70.0 Å². The van der Waals surface area contributed by atoms with E-state index >= 15 is 0 Å². The second-order valence-electron chi connectivity index (χ2n) is 5.20. The van der Waals surface area contributed by atoms with Gasteiger partial charge in [0, 0.05) is 5.56 Å². The molecular weight excluding hydrogens is 249 g/mol. The number of benzene rings is 2. The summed E-state index contributed by atoms with van der Waals surface area (Å²) in [5.41, 5.74) is 11.0. The lowest BCUT2D eigenvalue weighted by molar-refractivity contribution is 0.590. The highest BCUT2D eigenvalue weighted by atomic mass is 19.1. The topological polar surface area (TPSA) is 26.0 Å². The lowest BCUT2D eigenvalue weighted by atomic mass is 9.91. The maximum absolute atomic E-state index is 14.3. The Labute approximate surface area is 120 Å². The summed E-state index contributed by atoms with van der Waals surface area (Å²) >= 11 is 0. The molecule has 0 radical (unpaired) electrons. The second kappa shape index (κ2) is 6.19. The summed E-state index contributed by atoms with van der Waals surface area (Å²) < 4.78 is 14.3. The second-order valence-corrected chi connectivity index (χ2v) is 5.20. The van der Waals surface area contributed by atoms with Crippen LogP contribution in [0.3, 0.4) is 0 Å². The molecule has 0 aliphatic carbocycles. The summed E-state index contributed by atoms with van der Waals surface area (Å²) in [4.78, 5) is 0. The molecule has 0 saturated heterocycles. The number of halogens is 1. The van der Waals surface area contributed by atoms with Crippen LogP contribution in [0.15, 0.2) is 36.4 Å². The van der Waals surface area contributed by atoms with E-state index in [2.05, 4.69) is 32.0 Å². The first-order chi connectivity index (χ1) is 9.58. The van der Waals surface area contributed by atoms with Crippen molar-refractivity contribution in [3.8, 4) is 0 Å². The van der Waals surface area contributed by atoms with Gasteiger partial charge in [-0.3, -0.25) is 0 Å². The van der Waals surface area contributed by atoms with Crippen LogP contribution in [0.5, 0.6) is 0 Å². The van der Waals surface area contributed by atoms with Gasteiger partial charge in [-0.25, -0.2) is 4.39 Å². The zero-order valence-corrected chi connectivity index (χ0v) is 12.4. The van der Waals surface area contributed by atoms with Crippen LogP contribution in [0.1, 0.15) is 47.7 Å². The summed E-state index contributed by atoms with van der Waals surface area (Å²) in [6.45, 7) is 5.99. The minimum atomic E-state index is -0.406. The van der Waals surface area contributed by atoms with Crippen molar-refractivity contribution in [3.63, 3.8) is 0 Å². The van der Waals surface area contributed by atoms with Gasteiger partial charge in [0.2, 0.25) is 0 Å². The lowest BCUT2D eigenvalue weighted by Crippen LogP contribution is -2.16. The van der Waals surface area contributed by atoms with Crippen LogP contribution in [-0.4, -0.2) is 0 Å². The van der Waals surface area contributed by atoms with Crippen LogP contribution in [0.4, 0.5) is 4.39 Å². The fourth-order valence-corrected chi connectivity index (χ4v) is 2.55. The Morgan fingerprint density at radius 1 is 1.05 bits per heavy atom. The van der Waals surface area contributed by atoms with E-state index < -0.39 is 6.04 Å². The molecule has 0 heterocycles. The minimum Gasteiger partial charge on any atom is -0.320 e. The summed E-state index contributed by atoms with van der Waals surface area (Å²) in [7, 11) is 0. The maximum Gasteiger partial charge on any atom is 0.131 e. The van der Waals surface area contributed by atoms with E-state index in [0.717, 1.165) is 18.4 Å². The van der Waals surface area contributed by atoms with Crippen molar-refractivity contribution in [2.45, 2.75) is 39.7 Å². The Hall–Kier alpha value is -1.67. The molecular formula is C18H22FN. The first-order valence-electron chi connectivity index (χ1n) is 7.20. The molecule has 2 N–H and O–H groups in total. The predicted octanol–water partition coefficient (Wildman–Crippen LogP) is 4.31. The molecule has 0 fully saturated rings. The van der Waals surface area contributed by atoms with Gasteiger partial charge in [-0.15, -0.1) is 0 Å². The molecule has 1 atom stereocenters. The standard InChI is InChI=1S/C18H22FN/c1-4-13-9-10-14(5-2)16(11-13)18(20)15-8-6-7-12(3)17(15)19/h6-11,18H,4-5,20H2,1-3H3. The van der Waals surface area contributed by atoms with E-state index in [1.165, 1.54) is 11.1 Å². The average Bonchev–Trinajstić information content (AvgIpc) is 2.48. The Balaban J connectivity index is 2.51. The summed E-state index contributed by atoms with van der Waals surface area (Å²) in [5, 5.41) is 0. The van der Waals surface area contributed by atoms with Gasteiger partial charge < -0.3 is 5.73 Å². The van der Waals surface area contributed by atoms with Gasteiger partial charge in [-0.1, -0.05) is 50.2 Å². The molecule has 2 heteroatoms. The third kappa shape index (κ3) is 2.75. The van der Waals surface area contributed by atoms with Crippen molar-refractivity contribution in [1.29, 1.82) is 0 Å². The molecule has 20 heavy (non-hydrogen) atoms. The van der Waals surface area contributed by atoms with Crippen LogP contribution < -0.4 is 5.73 Å². The molecule has 0 spiro atoms. The van der Waals surface area contributed by atoms with Gasteiger partial charge in [-0.05, 0) is 42.0 Å². The normalized spacial score (nSPS) is 12.4. The molecule has 0 aromatic heterocycles. The molecule has 106 valence electrons. The number of hydrogen-bond donors (Lipinski definition) is 1. The highest BCUT2D eigenvalue weighted by Crippen LogP contribution is 2.27. The van der Waals surface area contributed by atoms with E-state index in [4.69, 9.17) is 5.73 Å². The van der Waals surface area contributed by atoms with Crippen molar-refractivity contribution < 1.29 is 4.39 Å². The molecule has 1 nitrogen and oxygen atoms in total. The molecule has 1 unspecified atom stereocenters. The Kier molecular flexibility index (Phi) is 4.56. The van der Waals surface area contributed by atoms with E-state index in [-0.39, 0.29) is 5.82 Å². The zero-order valence-electron chi connectivity index (χ0n) is 12.4. The van der Waals surface area contributed by atoms with Crippen molar-refractivity contribution in [2.75, 3.05) is 0 Å². The van der Waals surface area contributed by atoms with Gasteiger partial charge in [0.1, 0.15) is 5.82 Å². The number of nitrogens with two attached hydrogens (primary N) is 1. The highest BCUT2D eigenvalue weighted by molar-refractivity contribution is 5.41. The largest absolute Gasteiger partial charge is 0.320 e. The maximum atomic E-state index is 14.3. The van der Waals surface area contributed by atoms with Gasteiger partial charge in [0.15, 0.2) is 0 Å². The molecule has 2 rings (SSSR count). The van der Waals surface area contributed by atoms with Crippen molar-refractivity contribution >= 4 is 0 Å². The number of aryl methyl sites for hydroxylation is 3. The molecule has 0 saturated carbocycles. The summed E-state index contributed by atoms with van der Waals surface area (Å²) in [6, 6.07) is 11.4. The smallest absolute Gasteiger partial charge is 0.131 e. The van der Waals surface area contributed by atoms with Gasteiger partial charge in [0.25, 0.3) is 0 Å². The molecule has 0 aliphatic heterocycles. The Bertz CT molecular complexity index is 604. The number of rotatable bonds is 4. The zero-order chi connectivity index (χ0) is 14.7. The van der Waals surface area contributed by atoms with E-state index in [9.17, 15) is 4.39 Å². The lowest BCUT2D eigenvalue weighted by Gasteiger charge is -2.19. The molecule has 0 aliphatic rings. The quantitative estimate of drug-likeness (QED) is 0.881. The van der Waals surface area contributed by atoms with Crippen LogP contribution in [-0.2, 0) is 12.8 Å². The fourth-order valence-electron chi connectivity index (χ4n) is 2.55. The monoisotopic (exact) mass is 271 g/mol. The summed E-state index contributed by atoms with van der Waals surface area (Å²) in [5.74, 6) is -0.191. The first-order valence-corrected chi connectivity index (χ1v) is 7.20. The van der Waals surface area contributed by atoms with Crippen LogP contribution in [0, 0.1) is 12.7 Å². The minimum absolute atomic E-state index is 0.191. The van der Waals surface area contributed by atoms with Crippen molar-refractivity contribution in [2.24, 2.45) is 5.73 Å². The van der Waals surface area contributed by atoms with Crippen LogP contribution in [0.25, 0.3) is 0 Å². The Morgan fingerprint density at radius 3 is 2.45 bits per heavy atom. The molecule has 0 amide bonds. The number of hydrogen-bond acceptors (Lipinski definition) is 1. The van der Waals surface area contributed by atoms with Crippen LogP contribution >= 0.6 is 0 Å². The van der Waals surface area contributed by atoms with E-state index in [1.807, 2.05) is 6.07 Å². The van der Waals surface area contributed by atoms with Gasteiger partial charge in [0.05, 0.1) is 6.04 Å². The fraction of sp³-hybridized carbons (Fsp3) is 0.333. The molecule has 0 bridgehead atoms. The summed E-state index contributed by atoms with van der Waals surface area (Å²) in [6.07, 6.45) is 1.86. The SMILES string of the molecule is CCc1ccc(CC)c(C(N)c2cccc(C)c2F)c1. The third-order valence-electron chi connectivity index (χ3n) is 3.89. The Morgan fingerprint density at radius 2 is 1.80 bits per heavy atom. The van der Waals surface area contributed by atoms with E-state index in [1.54, 1.807) is 19.1 Å². The third-order valence-corrected chi connectivity index (χ3v) is 3.89. The predicted molar refractivity (Wildman–Crippen MR) is 82.4 cm³/mol.